The number of amides is 1. The Morgan fingerprint density at radius 2 is 2.10 bits per heavy atom. The number of rotatable bonds is 5. The maximum atomic E-state index is 12.3. The number of sulfone groups is 1. The van der Waals surface area contributed by atoms with Gasteiger partial charge < -0.3 is 10.1 Å². The highest BCUT2D eigenvalue weighted by Crippen LogP contribution is 2.36. The van der Waals surface area contributed by atoms with Crippen LogP contribution in [0.25, 0.3) is 0 Å². The van der Waals surface area contributed by atoms with Gasteiger partial charge >= 0.3 is 0 Å². The second-order valence-electron chi connectivity index (χ2n) is 5.48. The molecule has 0 aliphatic carbocycles. The normalized spacial score (nSPS) is 17.8. The standard InChI is InChI=1S/C13H19NO4S2/c1-9(2)13(7-18-8-13)12(15)14-6-10-4-5-11(19-10)20(3,16)17/h4-5,9H,6-8H2,1-3H3,(H,14,15). The molecule has 0 unspecified atom stereocenters. The summed E-state index contributed by atoms with van der Waals surface area (Å²) in [5.41, 5.74) is -0.434. The third-order valence-corrected chi connectivity index (χ3v) is 6.61. The van der Waals surface area contributed by atoms with Gasteiger partial charge in [-0.2, -0.15) is 0 Å². The predicted molar refractivity (Wildman–Crippen MR) is 77.4 cm³/mol. The van der Waals surface area contributed by atoms with Gasteiger partial charge in [-0.25, -0.2) is 8.42 Å². The van der Waals surface area contributed by atoms with Gasteiger partial charge in [-0.3, -0.25) is 4.79 Å². The third-order valence-electron chi connectivity index (χ3n) is 3.70. The number of hydrogen-bond acceptors (Lipinski definition) is 5. The number of carbonyl (C=O) groups is 1. The van der Waals surface area contributed by atoms with Crippen molar-refractivity contribution < 1.29 is 17.9 Å². The van der Waals surface area contributed by atoms with Crippen molar-refractivity contribution in [3.05, 3.63) is 17.0 Å². The van der Waals surface area contributed by atoms with Gasteiger partial charge in [0.05, 0.1) is 25.2 Å². The molecular formula is C13H19NO4S2. The van der Waals surface area contributed by atoms with E-state index in [1.807, 2.05) is 13.8 Å². The van der Waals surface area contributed by atoms with Crippen molar-refractivity contribution >= 4 is 27.1 Å². The van der Waals surface area contributed by atoms with Crippen LogP contribution in [0.4, 0.5) is 0 Å². The Kier molecular flexibility index (Phi) is 4.22. The number of hydrogen-bond donors (Lipinski definition) is 1. The highest BCUT2D eigenvalue weighted by molar-refractivity contribution is 7.92. The molecule has 20 heavy (non-hydrogen) atoms. The summed E-state index contributed by atoms with van der Waals surface area (Å²) in [5, 5.41) is 2.88. The minimum absolute atomic E-state index is 0.0203. The molecule has 1 aromatic rings. The molecule has 1 aliphatic rings. The average molecular weight is 317 g/mol. The Morgan fingerprint density at radius 1 is 1.45 bits per heavy atom. The SMILES string of the molecule is CC(C)C1(C(=O)NCc2ccc(S(C)(=O)=O)s2)COC1. The highest BCUT2D eigenvalue weighted by atomic mass is 32.2. The van der Waals surface area contributed by atoms with Crippen molar-refractivity contribution in [2.75, 3.05) is 19.5 Å². The van der Waals surface area contributed by atoms with Crippen molar-refractivity contribution in [2.24, 2.45) is 11.3 Å². The topological polar surface area (TPSA) is 72.5 Å². The average Bonchev–Trinajstić information content (AvgIpc) is 2.72. The zero-order chi connectivity index (χ0) is 15.0. The van der Waals surface area contributed by atoms with Crippen LogP contribution in [0.1, 0.15) is 18.7 Å². The predicted octanol–water partition coefficient (Wildman–Crippen LogP) is 1.44. The molecule has 5 nitrogen and oxygen atoms in total. The van der Waals surface area contributed by atoms with Crippen LogP contribution in [0.2, 0.25) is 0 Å². The fraction of sp³-hybridized carbons (Fsp3) is 0.615. The summed E-state index contributed by atoms with van der Waals surface area (Å²) >= 11 is 1.19. The second-order valence-corrected chi connectivity index (χ2v) is 8.89. The lowest BCUT2D eigenvalue weighted by Gasteiger charge is -2.43. The third kappa shape index (κ3) is 2.89. The van der Waals surface area contributed by atoms with E-state index < -0.39 is 15.3 Å². The van der Waals surface area contributed by atoms with Crippen molar-refractivity contribution in [1.82, 2.24) is 5.32 Å². The van der Waals surface area contributed by atoms with E-state index in [1.165, 1.54) is 17.6 Å². The van der Waals surface area contributed by atoms with E-state index in [-0.39, 0.29) is 11.8 Å². The molecular weight excluding hydrogens is 298 g/mol. The summed E-state index contributed by atoms with van der Waals surface area (Å²) < 4.78 is 28.3. The molecule has 1 fully saturated rings. The van der Waals surface area contributed by atoms with Crippen LogP contribution in [0.15, 0.2) is 16.3 Å². The van der Waals surface area contributed by atoms with Crippen LogP contribution in [0.5, 0.6) is 0 Å². The minimum Gasteiger partial charge on any atom is -0.379 e. The summed E-state index contributed by atoms with van der Waals surface area (Å²) in [7, 11) is -3.17. The van der Waals surface area contributed by atoms with Gasteiger partial charge in [0, 0.05) is 11.1 Å². The smallest absolute Gasteiger partial charge is 0.231 e. The molecule has 0 atom stereocenters. The minimum atomic E-state index is -3.17. The summed E-state index contributed by atoms with van der Waals surface area (Å²) in [5.74, 6) is 0.194. The largest absolute Gasteiger partial charge is 0.379 e. The highest BCUT2D eigenvalue weighted by Gasteiger charge is 2.48. The lowest BCUT2D eigenvalue weighted by atomic mass is 9.74. The lowest BCUT2D eigenvalue weighted by Crippen LogP contribution is -2.57. The quantitative estimate of drug-likeness (QED) is 0.892. The first-order chi connectivity index (χ1) is 9.25. The summed E-state index contributed by atoms with van der Waals surface area (Å²) in [6.45, 7) is 5.28. The van der Waals surface area contributed by atoms with E-state index in [1.54, 1.807) is 12.1 Å². The Morgan fingerprint density at radius 3 is 2.50 bits per heavy atom. The zero-order valence-corrected chi connectivity index (χ0v) is 13.4. The Hall–Kier alpha value is -0.920. The van der Waals surface area contributed by atoms with E-state index in [0.29, 0.717) is 24.0 Å². The molecule has 0 bridgehead atoms. The van der Waals surface area contributed by atoms with E-state index in [2.05, 4.69) is 5.32 Å². The van der Waals surface area contributed by atoms with Crippen molar-refractivity contribution in [1.29, 1.82) is 0 Å². The van der Waals surface area contributed by atoms with Gasteiger partial charge in [-0.1, -0.05) is 13.8 Å². The van der Waals surface area contributed by atoms with E-state index in [0.717, 1.165) is 4.88 Å². The maximum absolute atomic E-state index is 12.3. The fourth-order valence-corrected chi connectivity index (χ4v) is 3.96. The first-order valence-corrected chi connectivity index (χ1v) is 9.11. The molecule has 2 rings (SSSR count). The van der Waals surface area contributed by atoms with Crippen LogP contribution in [0, 0.1) is 11.3 Å². The van der Waals surface area contributed by atoms with E-state index in [9.17, 15) is 13.2 Å². The molecule has 1 aliphatic heterocycles. The zero-order valence-electron chi connectivity index (χ0n) is 11.8. The second kappa shape index (κ2) is 5.46. The van der Waals surface area contributed by atoms with Gasteiger partial charge in [0.25, 0.3) is 0 Å². The fourth-order valence-electron chi connectivity index (χ4n) is 2.04. The molecule has 7 heteroatoms. The van der Waals surface area contributed by atoms with Crippen molar-refractivity contribution in [3.8, 4) is 0 Å². The van der Waals surface area contributed by atoms with Crippen LogP contribution in [-0.4, -0.2) is 33.8 Å². The molecule has 1 N–H and O–H groups in total. The molecule has 1 amide bonds. The summed E-state index contributed by atoms with van der Waals surface area (Å²) in [6, 6.07) is 3.31. The molecule has 2 heterocycles. The number of nitrogens with one attached hydrogen (secondary N) is 1. The van der Waals surface area contributed by atoms with E-state index in [4.69, 9.17) is 4.74 Å². The van der Waals surface area contributed by atoms with E-state index >= 15 is 0 Å². The Labute approximate surface area is 123 Å². The van der Waals surface area contributed by atoms with Gasteiger partial charge in [0.2, 0.25) is 5.91 Å². The maximum Gasteiger partial charge on any atom is 0.231 e. The van der Waals surface area contributed by atoms with Gasteiger partial charge in [-0.05, 0) is 18.1 Å². The molecule has 112 valence electrons. The van der Waals surface area contributed by atoms with Crippen LogP contribution >= 0.6 is 11.3 Å². The molecule has 1 aromatic heterocycles. The molecule has 1 saturated heterocycles. The Bertz CT molecular complexity index is 600. The Balaban J connectivity index is 1.99. The van der Waals surface area contributed by atoms with Gasteiger partial charge in [-0.15, -0.1) is 11.3 Å². The van der Waals surface area contributed by atoms with Crippen molar-refractivity contribution in [3.63, 3.8) is 0 Å². The molecule has 0 aromatic carbocycles. The number of carbonyl (C=O) groups excluding carboxylic acids is 1. The van der Waals surface area contributed by atoms with Gasteiger partial charge in [0.1, 0.15) is 4.21 Å². The van der Waals surface area contributed by atoms with Crippen LogP contribution < -0.4 is 5.32 Å². The monoisotopic (exact) mass is 317 g/mol. The lowest BCUT2D eigenvalue weighted by molar-refractivity contribution is -0.171. The number of ether oxygens (including phenoxy) is 1. The van der Waals surface area contributed by atoms with Gasteiger partial charge in [0.15, 0.2) is 9.84 Å². The van der Waals surface area contributed by atoms with Crippen molar-refractivity contribution in [2.45, 2.75) is 24.6 Å². The van der Waals surface area contributed by atoms with Crippen LogP contribution in [0.3, 0.4) is 0 Å². The molecule has 0 spiro atoms. The number of thiophene rings is 1. The summed E-state index contributed by atoms with van der Waals surface area (Å²) in [6.07, 6.45) is 1.18. The first-order valence-electron chi connectivity index (χ1n) is 6.40. The summed E-state index contributed by atoms with van der Waals surface area (Å²) in [4.78, 5) is 13.1. The molecule has 0 radical (unpaired) electrons. The first kappa shape index (κ1) is 15.5. The van der Waals surface area contributed by atoms with Crippen LogP contribution in [-0.2, 0) is 25.9 Å². The molecule has 0 saturated carbocycles.